The number of aromatic nitrogens is 12. The molecule has 4 aliphatic heterocycles. The number of aryl methyl sites for hydroxylation is 2. The summed E-state index contributed by atoms with van der Waals surface area (Å²) in [5.74, 6) is -1.92. The molecule has 0 aliphatic carbocycles. The Balaban J connectivity index is 0.000000101. The summed E-state index contributed by atoms with van der Waals surface area (Å²) in [5, 5.41) is 24.4. The minimum atomic E-state index is -0.613. The third-order valence-electron chi connectivity index (χ3n) is 23.9. The van der Waals surface area contributed by atoms with E-state index in [-0.39, 0.29) is 17.5 Å². The topological polar surface area (TPSA) is 213 Å². The number of fused-ring (bicyclic) bond motifs is 7. The number of H-pyrrole nitrogens is 3. The van der Waals surface area contributed by atoms with Crippen molar-refractivity contribution in [2.24, 2.45) is 20.0 Å². The predicted octanol–water partition coefficient (Wildman–Crippen LogP) is 27.2. The number of pyridine rings is 6. The van der Waals surface area contributed by atoms with Crippen molar-refractivity contribution >= 4 is 57.6 Å². The van der Waals surface area contributed by atoms with E-state index in [4.69, 9.17) is 0 Å². The van der Waals surface area contributed by atoms with Gasteiger partial charge < -0.3 is 0 Å². The van der Waals surface area contributed by atoms with Gasteiger partial charge in [0.25, 0.3) is 0 Å². The van der Waals surface area contributed by atoms with Crippen LogP contribution in [-0.2, 0) is 26.2 Å². The van der Waals surface area contributed by atoms with Gasteiger partial charge in [-0.1, -0.05) is 139 Å². The van der Waals surface area contributed by atoms with Crippen LogP contribution in [0.15, 0.2) is 385 Å². The molecule has 0 unspecified atom stereocenters. The van der Waals surface area contributed by atoms with Crippen LogP contribution in [0.2, 0.25) is 0 Å². The number of halogens is 5. The molecule has 0 amide bonds. The molecule has 21 aromatic rings. The molecule has 4 aliphatic rings. The number of nitrogens with one attached hydrogen (secondary N) is 3. The Morgan fingerprint density at radius 2 is 0.529 bits per heavy atom. The van der Waals surface area contributed by atoms with E-state index in [1.165, 1.54) is 81.4 Å². The molecule has 656 valence electrons. The fourth-order valence-electron chi connectivity index (χ4n) is 17.1. The van der Waals surface area contributed by atoms with Crippen LogP contribution in [0.3, 0.4) is 0 Å². The Bertz CT molecular complexity index is 7930. The van der Waals surface area contributed by atoms with Crippen molar-refractivity contribution in [2.75, 3.05) is 0 Å². The number of rotatable bonds is 12. The molecule has 9 aromatic heterocycles. The summed E-state index contributed by atoms with van der Waals surface area (Å²) in [6, 6.07) is 97.6. The second-order valence-electron chi connectivity index (χ2n) is 33.0. The van der Waals surface area contributed by atoms with Crippen LogP contribution in [0.1, 0.15) is 55.6 Å². The lowest BCUT2D eigenvalue weighted by Gasteiger charge is -2.10. The molecule has 0 radical (unpaired) electrons. The molecule has 21 heteroatoms. The summed E-state index contributed by atoms with van der Waals surface area (Å²) >= 11 is 0. The first kappa shape index (κ1) is 86.3. The minimum Gasteiger partial charge on any atom is -0.288 e. The molecule has 0 saturated carbocycles. The second-order valence-corrected chi connectivity index (χ2v) is 33.0. The van der Waals surface area contributed by atoms with Crippen molar-refractivity contribution in [2.45, 2.75) is 40.0 Å². The SMILES string of the molecule is Cc1cc(-c2ncccc2-c2ccc3[nH]ncc3c2)ccc1F.Cc1cccc(-c2ncccc2-c2ccc3c(c2)C=NC3)c1.Fc1cc(F)cc(-c2ncccc2-c2ccc3c(c2)C=NC3)c1.Fc1ccc(-c2ncccc2-c2ccc3c(c2)C=NC3)cc1.Fc1cccc(-c2ncccc2-c2ccc3c(c2)C=NC3)c1.c1cnc(-c2ccc3[nH]ncc3c2)c(-c2ccc3[nH]ncc3c2)c1. The summed E-state index contributed by atoms with van der Waals surface area (Å²) in [4.78, 5) is 44.2. The second kappa shape index (κ2) is 39.1. The first-order valence-electron chi connectivity index (χ1n) is 44.1. The molecular formula is C115H81F5N16. The lowest BCUT2D eigenvalue weighted by atomic mass is 9.96. The van der Waals surface area contributed by atoms with Crippen molar-refractivity contribution in [3.05, 3.63) is 450 Å². The summed E-state index contributed by atoms with van der Waals surface area (Å²) < 4.78 is 67.3. The van der Waals surface area contributed by atoms with E-state index in [1.54, 1.807) is 62.2 Å². The highest BCUT2D eigenvalue weighted by atomic mass is 19.1. The zero-order valence-corrected chi connectivity index (χ0v) is 73.5. The number of aliphatic imine (C=N–C) groups is 4. The van der Waals surface area contributed by atoms with E-state index in [0.717, 1.165) is 193 Å². The average Bonchev–Trinajstić information content (AvgIpc) is 1.51. The maximum atomic E-state index is 13.5. The highest BCUT2D eigenvalue weighted by molar-refractivity contribution is 5.96. The van der Waals surface area contributed by atoms with E-state index in [9.17, 15) is 22.0 Å². The summed E-state index contributed by atoms with van der Waals surface area (Å²) in [7, 11) is 0. The number of hydrogen-bond donors (Lipinski definition) is 3. The minimum absolute atomic E-state index is 0.203. The number of aromatic amines is 3. The van der Waals surface area contributed by atoms with Gasteiger partial charge in [-0.25, -0.2) is 22.0 Å². The van der Waals surface area contributed by atoms with Crippen LogP contribution >= 0.6 is 0 Å². The summed E-state index contributed by atoms with van der Waals surface area (Å²) in [6.07, 6.45) is 23.6. The lowest BCUT2D eigenvalue weighted by molar-refractivity contribution is 0.584. The van der Waals surface area contributed by atoms with Crippen molar-refractivity contribution in [3.8, 4) is 134 Å². The van der Waals surface area contributed by atoms with Gasteiger partial charge in [0.2, 0.25) is 0 Å². The highest BCUT2D eigenvalue weighted by Gasteiger charge is 2.21. The maximum Gasteiger partial charge on any atom is 0.126 e. The fourth-order valence-corrected chi connectivity index (χ4v) is 17.1. The van der Waals surface area contributed by atoms with Crippen molar-refractivity contribution in [1.82, 2.24) is 60.5 Å². The lowest BCUT2D eigenvalue weighted by Crippen LogP contribution is -1.92. The largest absolute Gasteiger partial charge is 0.288 e. The van der Waals surface area contributed by atoms with E-state index in [0.29, 0.717) is 23.4 Å². The van der Waals surface area contributed by atoms with Crippen LogP contribution in [0.5, 0.6) is 0 Å². The van der Waals surface area contributed by atoms with Crippen molar-refractivity contribution in [3.63, 3.8) is 0 Å². The molecule has 0 atom stereocenters. The zero-order valence-electron chi connectivity index (χ0n) is 73.5. The first-order chi connectivity index (χ1) is 66.7. The normalized spacial score (nSPS) is 12.0. The van der Waals surface area contributed by atoms with Gasteiger partial charge in [0.1, 0.15) is 29.1 Å². The Labute approximate surface area is 779 Å². The third-order valence-corrected chi connectivity index (χ3v) is 23.9. The van der Waals surface area contributed by atoms with Gasteiger partial charge in [0.05, 0.1) is 95.5 Å². The molecular weight excluding hydrogens is 1700 g/mol. The molecule has 16 nitrogen and oxygen atoms in total. The van der Waals surface area contributed by atoms with Crippen LogP contribution in [0.4, 0.5) is 22.0 Å². The van der Waals surface area contributed by atoms with Crippen LogP contribution < -0.4 is 0 Å². The fraction of sp³-hybridized carbons (Fsp3) is 0.0522. The molecule has 0 saturated heterocycles. The zero-order chi connectivity index (χ0) is 92.4. The van der Waals surface area contributed by atoms with E-state index in [1.807, 2.05) is 165 Å². The first-order valence-corrected chi connectivity index (χ1v) is 44.1. The number of nitrogens with zero attached hydrogens (tertiary/aromatic N) is 13. The Morgan fingerprint density at radius 3 is 0.904 bits per heavy atom. The Hall–Kier alpha value is -17.7. The molecule has 0 fully saturated rings. The molecule has 12 aromatic carbocycles. The van der Waals surface area contributed by atoms with Gasteiger partial charge in [-0.15, -0.1) is 0 Å². The van der Waals surface area contributed by atoms with E-state index in [2.05, 4.69) is 209 Å². The van der Waals surface area contributed by atoms with Crippen LogP contribution in [0.25, 0.3) is 167 Å². The van der Waals surface area contributed by atoms with Gasteiger partial charge in [-0.2, -0.15) is 15.3 Å². The molecule has 13 heterocycles. The predicted molar refractivity (Wildman–Crippen MR) is 534 cm³/mol. The van der Waals surface area contributed by atoms with Gasteiger partial charge >= 0.3 is 0 Å². The Kier molecular flexibility index (Phi) is 24.8. The molecule has 25 rings (SSSR count). The quantitative estimate of drug-likeness (QED) is 0.0991. The molecule has 0 spiro atoms. The molecule has 3 N–H and O–H groups in total. The standard InChI is InChI=1S/C20H16N2.C19H12F2N2.C19H14FN3.2C19H13FN2.C19H13N5/c1-14-4-2-5-16(10-14)20-19(6-3-9-22-20)15-7-8-17-12-21-13-18(17)11-15;20-16-7-14(8-17(21)9-16)19-18(2-1-5-23-19)12-3-4-13-10-22-11-15(13)6-12;1-12-9-14(4-6-17(12)20)19-16(3-2-8-21-19)13-5-7-18-15(10-13)11-22-23-18;20-17-4-1-3-14(10-17)19-18(5-2-8-22-19)13-6-7-15-11-21-12-16(15)9-13;20-17-7-5-13(6-8-17)19-18(2-1-9-22-19)14-3-4-15-11-21-12-16(15)10-14;1-2-16(12-3-5-17-14(8-12)10-21-23-17)19(20-7-1)13-4-6-18-15(9-13)11-22-24-18/h2-11,13H,12H2,1H3;1-9,11H,10H2;2-11H,1H3,(H,22,23);2*1-10,12H,11H2;1-11H,(H,21,23)(H,22,24). The van der Waals surface area contributed by atoms with E-state index < -0.39 is 11.6 Å². The molecule has 0 bridgehead atoms. The number of benzene rings is 12. The van der Waals surface area contributed by atoms with Gasteiger partial charge in [-0.05, 0) is 267 Å². The number of hydrogen-bond acceptors (Lipinski definition) is 13. The molecule has 136 heavy (non-hydrogen) atoms. The van der Waals surface area contributed by atoms with Crippen molar-refractivity contribution in [1.29, 1.82) is 0 Å². The van der Waals surface area contributed by atoms with Crippen molar-refractivity contribution < 1.29 is 22.0 Å². The van der Waals surface area contributed by atoms with Crippen LogP contribution in [0, 0.1) is 42.9 Å². The highest BCUT2D eigenvalue weighted by Crippen LogP contribution is 2.41. The maximum absolute atomic E-state index is 13.5. The van der Waals surface area contributed by atoms with Gasteiger partial charge in [0, 0.05) is 151 Å². The smallest absolute Gasteiger partial charge is 0.126 e. The summed E-state index contributed by atoms with van der Waals surface area (Å²) in [5.41, 5.74) is 37.4. The van der Waals surface area contributed by atoms with Gasteiger partial charge in [0.15, 0.2) is 0 Å². The average molecular weight is 1780 g/mol. The monoisotopic (exact) mass is 1780 g/mol. The van der Waals surface area contributed by atoms with Gasteiger partial charge in [-0.3, -0.25) is 65.2 Å². The Morgan fingerprint density at radius 1 is 0.228 bits per heavy atom. The van der Waals surface area contributed by atoms with Crippen LogP contribution in [-0.4, -0.2) is 85.4 Å². The summed E-state index contributed by atoms with van der Waals surface area (Å²) in [6.45, 7) is 6.88. The third kappa shape index (κ3) is 19.1. The van der Waals surface area contributed by atoms with E-state index >= 15 is 0 Å².